The van der Waals surface area contributed by atoms with E-state index in [-0.39, 0.29) is 0 Å². The molecular weight excluding hydrogens is 236 g/mol. The molecule has 0 unspecified atom stereocenters. The van der Waals surface area contributed by atoms with Gasteiger partial charge in [-0.2, -0.15) is 0 Å². The minimum atomic E-state index is 0.728. The van der Waals surface area contributed by atoms with Gasteiger partial charge in [0.2, 0.25) is 0 Å². The van der Waals surface area contributed by atoms with Crippen LogP contribution in [0, 0.1) is 0 Å². The summed E-state index contributed by atoms with van der Waals surface area (Å²) in [7, 11) is 0. The van der Waals surface area contributed by atoms with Crippen molar-refractivity contribution in [2.24, 2.45) is 0 Å². The SMILES string of the molecule is CCOc1cccc(CNCCN2CCCCC2)c1. The van der Waals surface area contributed by atoms with Crippen LogP contribution in [0.2, 0.25) is 0 Å². The predicted octanol–water partition coefficient (Wildman–Crippen LogP) is 2.66. The van der Waals surface area contributed by atoms with E-state index >= 15 is 0 Å². The summed E-state index contributed by atoms with van der Waals surface area (Å²) in [6, 6.07) is 8.35. The van der Waals surface area contributed by atoms with Crippen LogP contribution in [-0.2, 0) is 6.54 Å². The van der Waals surface area contributed by atoms with E-state index in [4.69, 9.17) is 4.74 Å². The first-order valence-electron chi connectivity index (χ1n) is 7.53. The second kappa shape index (κ2) is 8.18. The van der Waals surface area contributed by atoms with Crippen LogP contribution in [0.5, 0.6) is 5.75 Å². The molecule has 2 rings (SSSR count). The number of nitrogens with one attached hydrogen (secondary N) is 1. The maximum atomic E-state index is 5.51. The van der Waals surface area contributed by atoms with E-state index in [0.29, 0.717) is 0 Å². The first-order valence-corrected chi connectivity index (χ1v) is 7.53. The van der Waals surface area contributed by atoms with Gasteiger partial charge in [-0.1, -0.05) is 18.6 Å². The molecule has 0 bridgehead atoms. The first-order chi connectivity index (χ1) is 9.38. The molecule has 0 amide bonds. The second-order valence-electron chi connectivity index (χ2n) is 5.16. The maximum absolute atomic E-state index is 5.51. The normalized spacial score (nSPS) is 16.5. The molecule has 1 N–H and O–H groups in total. The van der Waals surface area contributed by atoms with E-state index in [1.807, 2.05) is 13.0 Å². The van der Waals surface area contributed by atoms with Crippen molar-refractivity contribution in [2.75, 3.05) is 32.8 Å². The summed E-state index contributed by atoms with van der Waals surface area (Å²) < 4.78 is 5.51. The number of rotatable bonds is 7. The lowest BCUT2D eigenvalue weighted by molar-refractivity contribution is 0.229. The Labute approximate surface area is 116 Å². The number of likely N-dealkylation sites (tertiary alicyclic amines) is 1. The van der Waals surface area contributed by atoms with Crippen molar-refractivity contribution >= 4 is 0 Å². The molecule has 106 valence electrons. The first kappa shape index (κ1) is 14.4. The molecule has 0 atom stereocenters. The Balaban J connectivity index is 1.65. The minimum absolute atomic E-state index is 0.728. The van der Waals surface area contributed by atoms with Crippen LogP contribution in [-0.4, -0.2) is 37.7 Å². The fourth-order valence-electron chi connectivity index (χ4n) is 2.56. The molecule has 3 nitrogen and oxygen atoms in total. The van der Waals surface area contributed by atoms with E-state index in [9.17, 15) is 0 Å². The van der Waals surface area contributed by atoms with Crippen molar-refractivity contribution in [2.45, 2.75) is 32.7 Å². The number of benzene rings is 1. The maximum Gasteiger partial charge on any atom is 0.119 e. The molecule has 1 aromatic carbocycles. The fourth-order valence-corrected chi connectivity index (χ4v) is 2.56. The molecule has 0 spiro atoms. The van der Waals surface area contributed by atoms with Crippen molar-refractivity contribution < 1.29 is 4.74 Å². The van der Waals surface area contributed by atoms with Crippen molar-refractivity contribution in [3.63, 3.8) is 0 Å². The average molecular weight is 262 g/mol. The summed E-state index contributed by atoms with van der Waals surface area (Å²) in [5.41, 5.74) is 1.30. The lowest BCUT2D eigenvalue weighted by Crippen LogP contribution is -2.35. The molecule has 1 aromatic rings. The second-order valence-corrected chi connectivity index (χ2v) is 5.16. The molecular formula is C16H26N2O. The van der Waals surface area contributed by atoms with Crippen LogP contribution in [0.3, 0.4) is 0 Å². The Bertz CT molecular complexity index is 362. The standard InChI is InChI=1S/C16H26N2O/c1-2-19-16-8-6-7-15(13-16)14-17-9-12-18-10-4-3-5-11-18/h6-8,13,17H,2-5,9-12,14H2,1H3. The molecule has 1 aliphatic heterocycles. The molecule has 3 heteroatoms. The van der Waals surface area contributed by atoms with Crippen LogP contribution in [0.4, 0.5) is 0 Å². The van der Waals surface area contributed by atoms with Gasteiger partial charge in [0.05, 0.1) is 6.61 Å². The lowest BCUT2D eigenvalue weighted by atomic mass is 10.1. The summed E-state index contributed by atoms with van der Waals surface area (Å²) in [6.45, 7) is 8.47. The van der Waals surface area contributed by atoms with Gasteiger partial charge in [-0.15, -0.1) is 0 Å². The zero-order valence-corrected chi connectivity index (χ0v) is 12.0. The molecule has 1 heterocycles. The molecule has 19 heavy (non-hydrogen) atoms. The van der Waals surface area contributed by atoms with E-state index < -0.39 is 0 Å². The van der Waals surface area contributed by atoms with Crippen LogP contribution in [0.1, 0.15) is 31.7 Å². The van der Waals surface area contributed by atoms with Gasteiger partial charge in [-0.05, 0) is 50.6 Å². The lowest BCUT2D eigenvalue weighted by Gasteiger charge is -2.26. The number of hydrogen-bond acceptors (Lipinski definition) is 3. The topological polar surface area (TPSA) is 24.5 Å². The molecule has 0 aromatic heterocycles. The van der Waals surface area contributed by atoms with Gasteiger partial charge in [0.1, 0.15) is 5.75 Å². The third-order valence-electron chi connectivity index (χ3n) is 3.59. The average Bonchev–Trinajstić information content (AvgIpc) is 2.46. The summed E-state index contributed by atoms with van der Waals surface area (Å²) in [5.74, 6) is 0.970. The van der Waals surface area contributed by atoms with E-state index in [0.717, 1.165) is 25.4 Å². The molecule has 0 radical (unpaired) electrons. The van der Waals surface area contributed by atoms with Crippen LogP contribution < -0.4 is 10.1 Å². The Hall–Kier alpha value is -1.06. The highest BCUT2D eigenvalue weighted by Crippen LogP contribution is 2.13. The van der Waals surface area contributed by atoms with Gasteiger partial charge in [-0.3, -0.25) is 0 Å². The van der Waals surface area contributed by atoms with E-state index in [2.05, 4.69) is 28.4 Å². The molecule has 1 fully saturated rings. The zero-order chi connectivity index (χ0) is 13.3. The Kier molecular flexibility index (Phi) is 6.18. The molecule has 0 aliphatic carbocycles. The van der Waals surface area contributed by atoms with Gasteiger partial charge < -0.3 is 15.0 Å². The van der Waals surface area contributed by atoms with Gasteiger partial charge >= 0.3 is 0 Å². The van der Waals surface area contributed by atoms with Crippen molar-refractivity contribution in [1.82, 2.24) is 10.2 Å². The fraction of sp³-hybridized carbons (Fsp3) is 0.625. The van der Waals surface area contributed by atoms with Crippen LogP contribution in [0.25, 0.3) is 0 Å². The molecule has 1 aliphatic rings. The van der Waals surface area contributed by atoms with Crippen LogP contribution in [0.15, 0.2) is 24.3 Å². The molecule has 1 saturated heterocycles. The van der Waals surface area contributed by atoms with E-state index in [1.54, 1.807) is 0 Å². The number of ether oxygens (including phenoxy) is 1. The van der Waals surface area contributed by atoms with Crippen molar-refractivity contribution in [3.05, 3.63) is 29.8 Å². The largest absolute Gasteiger partial charge is 0.494 e. The smallest absolute Gasteiger partial charge is 0.119 e. The third-order valence-corrected chi connectivity index (χ3v) is 3.59. The number of nitrogens with zero attached hydrogens (tertiary/aromatic N) is 1. The Morgan fingerprint density at radius 2 is 2.05 bits per heavy atom. The zero-order valence-electron chi connectivity index (χ0n) is 12.0. The van der Waals surface area contributed by atoms with Crippen LogP contribution >= 0.6 is 0 Å². The van der Waals surface area contributed by atoms with Gasteiger partial charge in [0.15, 0.2) is 0 Å². The highest BCUT2D eigenvalue weighted by atomic mass is 16.5. The van der Waals surface area contributed by atoms with Gasteiger partial charge in [0.25, 0.3) is 0 Å². The summed E-state index contributed by atoms with van der Waals surface area (Å²) in [5, 5.41) is 3.52. The Morgan fingerprint density at radius 3 is 2.84 bits per heavy atom. The molecule has 0 saturated carbocycles. The summed E-state index contributed by atoms with van der Waals surface area (Å²) in [6.07, 6.45) is 4.15. The monoisotopic (exact) mass is 262 g/mol. The number of piperidine rings is 1. The minimum Gasteiger partial charge on any atom is -0.494 e. The third kappa shape index (κ3) is 5.21. The number of hydrogen-bond donors (Lipinski definition) is 1. The van der Waals surface area contributed by atoms with E-state index in [1.165, 1.54) is 44.5 Å². The summed E-state index contributed by atoms with van der Waals surface area (Å²) >= 11 is 0. The quantitative estimate of drug-likeness (QED) is 0.765. The van der Waals surface area contributed by atoms with Crippen molar-refractivity contribution in [3.8, 4) is 5.75 Å². The van der Waals surface area contributed by atoms with Gasteiger partial charge in [0, 0.05) is 19.6 Å². The highest BCUT2D eigenvalue weighted by Gasteiger charge is 2.08. The highest BCUT2D eigenvalue weighted by molar-refractivity contribution is 5.28. The van der Waals surface area contributed by atoms with Gasteiger partial charge in [-0.25, -0.2) is 0 Å². The van der Waals surface area contributed by atoms with Crippen molar-refractivity contribution in [1.29, 1.82) is 0 Å². The Morgan fingerprint density at radius 1 is 1.21 bits per heavy atom. The summed E-state index contributed by atoms with van der Waals surface area (Å²) in [4.78, 5) is 2.56. The predicted molar refractivity (Wildman–Crippen MR) is 79.6 cm³/mol.